The molecule has 0 saturated heterocycles. The van der Waals surface area contributed by atoms with Crippen molar-refractivity contribution in [2.24, 2.45) is 17.8 Å². The molecule has 2 aliphatic rings. The van der Waals surface area contributed by atoms with Crippen LogP contribution in [-0.4, -0.2) is 50.5 Å². The molecule has 2 fully saturated rings. The van der Waals surface area contributed by atoms with Crippen LogP contribution in [0.25, 0.3) is 0 Å². The summed E-state index contributed by atoms with van der Waals surface area (Å²) < 4.78 is 1.17. The monoisotopic (exact) mass is 292 g/mol. The summed E-state index contributed by atoms with van der Waals surface area (Å²) in [6.07, 6.45) is 6.59. The molecule has 7 nitrogen and oxygen atoms in total. The number of aromatic nitrogens is 3. The van der Waals surface area contributed by atoms with E-state index in [1.54, 1.807) is 11.9 Å². The fraction of sp³-hybridized carbons (Fsp3) is 0.714. The summed E-state index contributed by atoms with van der Waals surface area (Å²) in [5, 5.41) is 16.1. The predicted molar refractivity (Wildman–Crippen MR) is 73.6 cm³/mol. The largest absolute Gasteiger partial charge is 0.480 e. The third-order valence-corrected chi connectivity index (χ3v) is 4.79. The molecule has 1 heterocycles. The first kappa shape index (κ1) is 14.0. The Morgan fingerprint density at radius 1 is 1.43 bits per heavy atom. The van der Waals surface area contributed by atoms with E-state index in [2.05, 4.69) is 10.3 Å². The Balaban J connectivity index is 1.59. The van der Waals surface area contributed by atoms with Gasteiger partial charge in [-0.2, -0.15) is 0 Å². The molecule has 2 saturated carbocycles. The fourth-order valence-electron chi connectivity index (χ4n) is 3.84. The maximum Gasteiger partial charge on any atom is 0.325 e. The average Bonchev–Trinajstić information content (AvgIpc) is 3.13. The van der Waals surface area contributed by atoms with Gasteiger partial charge in [-0.25, -0.2) is 4.68 Å². The van der Waals surface area contributed by atoms with Crippen molar-refractivity contribution in [3.05, 3.63) is 11.9 Å². The zero-order valence-electron chi connectivity index (χ0n) is 12.1. The second-order valence-corrected chi connectivity index (χ2v) is 6.32. The van der Waals surface area contributed by atoms with Crippen LogP contribution in [0.3, 0.4) is 0 Å². The van der Waals surface area contributed by atoms with E-state index in [0.29, 0.717) is 5.92 Å². The smallest absolute Gasteiger partial charge is 0.325 e. The van der Waals surface area contributed by atoms with E-state index in [1.807, 2.05) is 0 Å². The summed E-state index contributed by atoms with van der Waals surface area (Å²) in [5.41, 5.74) is 0.210. The number of carbonyl (C=O) groups excluding carboxylic acids is 1. The molecule has 1 N–H and O–H groups in total. The zero-order valence-corrected chi connectivity index (χ0v) is 12.1. The lowest BCUT2D eigenvalue weighted by Gasteiger charge is -2.26. The molecule has 2 bridgehead atoms. The van der Waals surface area contributed by atoms with Crippen molar-refractivity contribution in [1.82, 2.24) is 19.9 Å². The predicted octanol–water partition coefficient (Wildman–Crippen LogP) is 0.871. The summed E-state index contributed by atoms with van der Waals surface area (Å²) >= 11 is 0. The third-order valence-electron chi connectivity index (χ3n) is 4.79. The molecule has 21 heavy (non-hydrogen) atoms. The summed E-state index contributed by atoms with van der Waals surface area (Å²) in [6.45, 7) is 0.474. The van der Waals surface area contributed by atoms with Gasteiger partial charge >= 0.3 is 5.97 Å². The summed E-state index contributed by atoms with van der Waals surface area (Å²) in [6, 6.07) is 0. The molecular weight excluding hydrogens is 272 g/mol. The Morgan fingerprint density at radius 2 is 2.24 bits per heavy atom. The number of carbonyl (C=O) groups is 2. The van der Waals surface area contributed by atoms with Crippen LogP contribution in [-0.2, 0) is 11.3 Å². The molecule has 7 heteroatoms. The molecule has 1 amide bonds. The molecular formula is C14H20N4O3. The van der Waals surface area contributed by atoms with E-state index in [0.717, 1.165) is 18.4 Å². The standard InChI is InChI=1S/C14H20N4O3/c1-17(6-11-5-9-2-3-10(11)4-9)14(21)12-7-18(16-15-12)8-13(19)20/h7,9-11H,2-6,8H2,1H3,(H,19,20). The normalized spacial score (nSPS) is 27.0. The molecule has 1 aromatic rings. The van der Waals surface area contributed by atoms with Gasteiger partial charge in [0.15, 0.2) is 5.69 Å². The van der Waals surface area contributed by atoms with E-state index in [-0.39, 0.29) is 18.1 Å². The van der Waals surface area contributed by atoms with Gasteiger partial charge in [0.2, 0.25) is 0 Å². The number of hydrogen-bond acceptors (Lipinski definition) is 4. The van der Waals surface area contributed by atoms with E-state index < -0.39 is 5.97 Å². The van der Waals surface area contributed by atoms with Crippen molar-refractivity contribution >= 4 is 11.9 Å². The number of amides is 1. The van der Waals surface area contributed by atoms with Gasteiger partial charge in [-0.05, 0) is 37.0 Å². The summed E-state index contributed by atoms with van der Waals surface area (Å²) in [5.74, 6) is 1.04. The van der Waals surface area contributed by atoms with Gasteiger partial charge in [-0.3, -0.25) is 9.59 Å². The Hall–Kier alpha value is -1.92. The highest BCUT2D eigenvalue weighted by Crippen LogP contribution is 2.48. The van der Waals surface area contributed by atoms with Crippen molar-refractivity contribution in [3.8, 4) is 0 Å². The van der Waals surface area contributed by atoms with Crippen LogP contribution in [0.15, 0.2) is 6.20 Å². The van der Waals surface area contributed by atoms with Crippen molar-refractivity contribution in [2.45, 2.75) is 32.2 Å². The minimum absolute atomic E-state index is 0.186. The SMILES string of the molecule is CN(CC1CC2CCC1C2)C(=O)c1cn(CC(=O)O)nn1. The molecule has 2 aliphatic carbocycles. The maximum atomic E-state index is 12.3. The van der Waals surface area contributed by atoms with Gasteiger partial charge in [0.1, 0.15) is 6.54 Å². The Labute approximate surface area is 122 Å². The summed E-state index contributed by atoms with van der Waals surface area (Å²) in [7, 11) is 1.78. The minimum Gasteiger partial charge on any atom is -0.480 e. The van der Waals surface area contributed by atoms with Gasteiger partial charge in [0.25, 0.3) is 5.91 Å². The van der Waals surface area contributed by atoms with E-state index in [4.69, 9.17) is 5.11 Å². The van der Waals surface area contributed by atoms with Gasteiger partial charge in [0, 0.05) is 13.6 Å². The Bertz CT molecular complexity index is 556. The number of carboxylic acid groups (broad SMARTS) is 1. The second-order valence-electron chi connectivity index (χ2n) is 6.32. The average molecular weight is 292 g/mol. The first-order chi connectivity index (χ1) is 10.0. The lowest BCUT2D eigenvalue weighted by molar-refractivity contribution is -0.137. The van der Waals surface area contributed by atoms with Gasteiger partial charge in [-0.1, -0.05) is 11.6 Å². The highest BCUT2D eigenvalue weighted by Gasteiger charge is 2.40. The van der Waals surface area contributed by atoms with Gasteiger partial charge in [-0.15, -0.1) is 5.10 Å². The van der Waals surface area contributed by atoms with Gasteiger partial charge < -0.3 is 10.0 Å². The van der Waals surface area contributed by atoms with E-state index >= 15 is 0 Å². The number of rotatable bonds is 5. The first-order valence-corrected chi connectivity index (χ1v) is 7.40. The van der Waals surface area contributed by atoms with Gasteiger partial charge in [0.05, 0.1) is 6.20 Å². The molecule has 0 spiro atoms. The topological polar surface area (TPSA) is 88.3 Å². The molecule has 0 aromatic carbocycles. The molecule has 3 unspecified atom stereocenters. The van der Waals surface area contributed by atoms with Crippen LogP contribution in [0.2, 0.25) is 0 Å². The van der Waals surface area contributed by atoms with Crippen molar-refractivity contribution in [1.29, 1.82) is 0 Å². The lowest BCUT2D eigenvalue weighted by atomic mass is 9.88. The van der Waals surface area contributed by atoms with E-state index in [9.17, 15) is 9.59 Å². The molecule has 3 atom stereocenters. The lowest BCUT2D eigenvalue weighted by Crippen LogP contribution is -2.34. The molecule has 1 aromatic heterocycles. The van der Waals surface area contributed by atoms with Crippen LogP contribution in [0, 0.1) is 17.8 Å². The molecule has 0 aliphatic heterocycles. The maximum absolute atomic E-state index is 12.3. The van der Waals surface area contributed by atoms with Crippen LogP contribution in [0.5, 0.6) is 0 Å². The minimum atomic E-state index is -1.01. The third kappa shape index (κ3) is 2.91. The summed E-state index contributed by atoms with van der Waals surface area (Å²) in [4.78, 5) is 24.6. The van der Waals surface area contributed by atoms with Crippen molar-refractivity contribution in [3.63, 3.8) is 0 Å². The Morgan fingerprint density at radius 3 is 2.86 bits per heavy atom. The highest BCUT2D eigenvalue weighted by atomic mass is 16.4. The molecule has 3 rings (SSSR count). The van der Waals surface area contributed by atoms with Crippen LogP contribution < -0.4 is 0 Å². The van der Waals surface area contributed by atoms with Crippen molar-refractivity contribution in [2.75, 3.05) is 13.6 Å². The van der Waals surface area contributed by atoms with Crippen LogP contribution in [0.4, 0.5) is 0 Å². The second kappa shape index (κ2) is 5.46. The highest BCUT2D eigenvalue weighted by molar-refractivity contribution is 5.91. The van der Waals surface area contributed by atoms with Crippen LogP contribution >= 0.6 is 0 Å². The number of fused-ring (bicyclic) bond motifs is 2. The fourth-order valence-corrected chi connectivity index (χ4v) is 3.84. The van der Waals surface area contributed by atoms with Crippen LogP contribution in [0.1, 0.15) is 36.2 Å². The first-order valence-electron chi connectivity index (χ1n) is 7.40. The quantitative estimate of drug-likeness (QED) is 0.870. The number of nitrogens with zero attached hydrogens (tertiary/aromatic N) is 4. The number of hydrogen-bond donors (Lipinski definition) is 1. The molecule has 0 radical (unpaired) electrons. The molecule has 114 valence electrons. The van der Waals surface area contributed by atoms with E-state index in [1.165, 1.54) is 36.6 Å². The number of aliphatic carboxylic acids is 1. The Kier molecular flexibility index (Phi) is 3.65. The zero-order chi connectivity index (χ0) is 15.0. The van der Waals surface area contributed by atoms with Crippen molar-refractivity contribution < 1.29 is 14.7 Å². The number of carboxylic acids is 1.